The van der Waals surface area contributed by atoms with Crippen LogP contribution in [0.5, 0.6) is 0 Å². The third kappa shape index (κ3) is 4.31. The molecule has 0 saturated heterocycles. The summed E-state index contributed by atoms with van der Waals surface area (Å²) in [6.45, 7) is 0.316. The van der Waals surface area contributed by atoms with Gasteiger partial charge in [0.1, 0.15) is 0 Å². The number of halogens is 1. The van der Waals surface area contributed by atoms with Gasteiger partial charge in [0, 0.05) is 4.47 Å². The van der Waals surface area contributed by atoms with E-state index in [0.717, 1.165) is 10.9 Å². The van der Waals surface area contributed by atoms with Gasteiger partial charge < -0.3 is 5.73 Å². The van der Waals surface area contributed by atoms with Crippen molar-refractivity contribution in [2.45, 2.75) is 12.3 Å². The summed E-state index contributed by atoms with van der Waals surface area (Å²) >= 11 is 3.38. The number of amides is 2. The SMILES string of the molecule is NC(=O)N(O)CC1CC1c1ccc(Br)cc1.[KH]. The number of benzene rings is 1. The van der Waals surface area contributed by atoms with Gasteiger partial charge in [-0.3, -0.25) is 5.21 Å². The van der Waals surface area contributed by atoms with Crippen LogP contribution in [0.3, 0.4) is 0 Å². The Morgan fingerprint density at radius 1 is 1.47 bits per heavy atom. The molecule has 1 aliphatic rings. The number of nitrogens with zero attached hydrogens (tertiary/aromatic N) is 1. The fourth-order valence-corrected chi connectivity index (χ4v) is 2.14. The van der Waals surface area contributed by atoms with E-state index >= 15 is 0 Å². The number of primary amides is 1. The Kier molecular flexibility index (Phi) is 6.11. The summed E-state index contributed by atoms with van der Waals surface area (Å²) in [5.74, 6) is 0.751. The van der Waals surface area contributed by atoms with Gasteiger partial charge in [-0.25, -0.2) is 9.86 Å². The first-order chi connectivity index (χ1) is 7.58. The molecule has 17 heavy (non-hydrogen) atoms. The van der Waals surface area contributed by atoms with Gasteiger partial charge >= 0.3 is 57.4 Å². The molecular weight excluding hydrogens is 311 g/mol. The van der Waals surface area contributed by atoms with E-state index in [4.69, 9.17) is 5.73 Å². The summed E-state index contributed by atoms with van der Waals surface area (Å²) in [4.78, 5) is 10.6. The molecule has 2 amide bonds. The first kappa shape index (κ1) is 15.6. The third-order valence-corrected chi connectivity index (χ3v) is 3.41. The second kappa shape index (κ2) is 6.65. The second-order valence-electron chi connectivity index (χ2n) is 4.07. The van der Waals surface area contributed by atoms with Crippen LogP contribution in [0.4, 0.5) is 4.79 Å². The molecule has 0 heterocycles. The minimum atomic E-state index is -0.790. The van der Waals surface area contributed by atoms with E-state index in [2.05, 4.69) is 28.1 Å². The number of urea groups is 1. The molecule has 3 N–H and O–H groups in total. The zero-order valence-electron chi connectivity index (χ0n) is 8.64. The van der Waals surface area contributed by atoms with Gasteiger partial charge in [-0.05, 0) is 36.0 Å². The Labute approximate surface area is 151 Å². The number of nitrogens with two attached hydrogens (primary N) is 1. The van der Waals surface area contributed by atoms with Crippen molar-refractivity contribution < 1.29 is 10.0 Å². The molecule has 1 aliphatic carbocycles. The fraction of sp³-hybridized carbons (Fsp3) is 0.364. The van der Waals surface area contributed by atoms with E-state index in [1.807, 2.05) is 12.1 Å². The maximum absolute atomic E-state index is 10.6. The van der Waals surface area contributed by atoms with E-state index in [1.54, 1.807) is 0 Å². The Bertz CT molecular complexity index is 399. The van der Waals surface area contributed by atoms with Gasteiger partial charge in [0.05, 0.1) is 6.54 Å². The number of hydroxylamine groups is 2. The van der Waals surface area contributed by atoms with Gasteiger partial charge in [-0.2, -0.15) is 0 Å². The van der Waals surface area contributed by atoms with Crippen molar-refractivity contribution in [1.82, 2.24) is 5.06 Å². The fourth-order valence-electron chi connectivity index (χ4n) is 1.88. The number of hydrogen-bond donors (Lipinski definition) is 2. The average Bonchev–Trinajstić information content (AvgIpc) is 2.98. The second-order valence-corrected chi connectivity index (χ2v) is 4.99. The standard InChI is InChI=1S/C11H13BrN2O2.K.H/c12-9-3-1-7(2-4-9)10-5-8(10)6-14(16)11(13)15;;/h1-4,8,10,16H,5-6H2,(H2,13,15);;. The summed E-state index contributed by atoms with van der Waals surface area (Å²) in [7, 11) is 0. The zero-order valence-corrected chi connectivity index (χ0v) is 10.2. The Balaban J connectivity index is 0.00000144. The molecule has 88 valence electrons. The van der Waals surface area contributed by atoms with Crippen molar-refractivity contribution in [3.05, 3.63) is 34.3 Å². The summed E-state index contributed by atoms with van der Waals surface area (Å²) < 4.78 is 1.05. The third-order valence-electron chi connectivity index (χ3n) is 2.88. The number of carbonyl (C=O) groups is 1. The van der Waals surface area contributed by atoms with Crippen LogP contribution in [0.2, 0.25) is 0 Å². The Morgan fingerprint density at radius 2 is 2.06 bits per heavy atom. The van der Waals surface area contributed by atoms with Crippen molar-refractivity contribution in [3.63, 3.8) is 0 Å². The first-order valence-corrected chi connectivity index (χ1v) is 5.88. The molecule has 4 nitrogen and oxygen atoms in total. The normalized spacial score (nSPS) is 21.5. The molecule has 0 spiro atoms. The topological polar surface area (TPSA) is 66.6 Å². The van der Waals surface area contributed by atoms with Gasteiger partial charge in [-0.1, -0.05) is 28.1 Å². The molecule has 1 aromatic carbocycles. The molecule has 1 fully saturated rings. The van der Waals surface area contributed by atoms with E-state index in [0.29, 0.717) is 23.4 Å². The predicted molar refractivity (Wildman–Crippen MR) is 70.2 cm³/mol. The van der Waals surface area contributed by atoms with E-state index < -0.39 is 6.03 Å². The summed E-state index contributed by atoms with van der Waals surface area (Å²) in [6, 6.07) is 7.31. The molecule has 0 radical (unpaired) electrons. The molecule has 0 bridgehead atoms. The van der Waals surface area contributed by atoms with Crippen molar-refractivity contribution in [2.24, 2.45) is 11.7 Å². The number of carbonyl (C=O) groups excluding carboxylic acids is 1. The first-order valence-electron chi connectivity index (χ1n) is 5.09. The van der Waals surface area contributed by atoms with Crippen molar-refractivity contribution in [1.29, 1.82) is 0 Å². The molecule has 2 atom stereocenters. The van der Waals surface area contributed by atoms with Crippen LogP contribution in [-0.4, -0.2) is 74.2 Å². The quantitative estimate of drug-likeness (QED) is 0.504. The van der Waals surface area contributed by atoms with E-state index in [1.165, 1.54) is 5.56 Å². The molecular formula is C11H14BrKN2O2. The van der Waals surface area contributed by atoms with Gasteiger partial charge in [0.15, 0.2) is 0 Å². The van der Waals surface area contributed by atoms with E-state index in [-0.39, 0.29) is 51.4 Å². The summed E-state index contributed by atoms with van der Waals surface area (Å²) in [6.07, 6.45) is 0.992. The maximum atomic E-state index is 10.6. The van der Waals surface area contributed by atoms with Gasteiger partial charge in [0.2, 0.25) is 0 Å². The van der Waals surface area contributed by atoms with Crippen LogP contribution < -0.4 is 5.73 Å². The monoisotopic (exact) mass is 324 g/mol. The van der Waals surface area contributed by atoms with Crippen molar-refractivity contribution >= 4 is 73.3 Å². The molecule has 0 aliphatic heterocycles. The Hall–Kier alpha value is 0.566. The molecule has 0 aromatic heterocycles. The van der Waals surface area contributed by atoms with E-state index in [9.17, 15) is 10.0 Å². The van der Waals surface area contributed by atoms with Gasteiger partial charge in [0.25, 0.3) is 0 Å². The van der Waals surface area contributed by atoms with Crippen molar-refractivity contribution in [3.8, 4) is 0 Å². The van der Waals surface area contributed by atoms with Gasteiger partial charge in [-0.15, -0.1) is 0 Å². The number of rotatable bonds is 3. The van der Waals surface area contributed by atoms with Crippen LogP contribution in [0.1, 0.15) is 17.9 Å². The van der Waals surface area contributed by atoms with Crippen LogP contribution in [0.15, 0.2) is 28.7 Å². The summed E-state index contributed by atoms with van der Waals surface area (Å²) in [5, 5.41) is 9.78. The molecule has 1 aromatic rings. The van der Waals surface area contributed by atoms with Crippen LogP contribution in [0, 0.1) is 5.92 Å². The minimum absolute atomic E-state index is 0. The summed E-state index contributed by atoms with van der Waals surface area (Å²) in [5.41, 5.74) is 6.19. The number of hydrogen-bond acceptors (Lipinski definition) is 2. The molecule has 1 saturated carbocycles. The predicted octanol–water partition coefficient (Wildman–Crippen LogP) is 1.67. The average molecular weight is 325 g/mol. The van der Waals surface area contributed by atoms with Crippen LogP contribution >= 0.6 is 15.9 Å². The molecule has 6 heteroatoms. The molecule has 2 rings (SSSR count). The molecule has 2 unspecified atom stereocenters. The van der Waals surface area contributed by atoms with Crippen LogP contribution in [0.25, 0.3) is 0 Å². The zero-order chi connectivity index (χ0) is 11.7. The Morgan fingerprint density at radius 3 is 2.59 bits per heavy atom. The van der Waals surface area contributed by atoms with Crippen molar-refractivity contribution in [2.75, 3.05) is 6.54 Å². The van der Waals surface area contributed by atoms with Crippen LogP contribution in [-0.2, 0) is 0 Å².